The van der Waals surface area contributed by atoms with Gasteiger partial charge in [-0.1, -0.05) is 30.3 Å². The van der Waals surface area contributed by atoms with Crippen molar-refractivity contribution in [1.82, 2.24) is 14.6 Å². The summed E-state index contributed by atoms with van der Waals surface area (Å²) in [4.78, 5) is 19.7. The molecule has 5 nitrogen and oxygen atoms in total. The van der Waals surface area contributed by atoms with Crippen LogP contribution in [0.1, 0.15) is 12.0 Å². The maximum Gasteiger partial charge on any atom is 0.239 e. The Morgan fingerprint density at radius 3 is 2.91 bits per heavy atom. The molecule has 4 rings (SSSR count). The summed E-state index contributed by atoms with van der Waals surface area (Å²) in [7, 11) is 0. The average Bonchev–Trinajstić information content (AvgIpc) is 3.18. The number of aryl methyl sites for hydroxylation is 1. The van der Waals surface area contributed by atoms with E-state index in [1.54, 1.807) is 11.0 Å². The summed E-state index contributed by atoms with van der Waals surface area (Å²) in [5, 5.41) is 1.17. The van der Waals surface area contributed by atoms with E-state index >= 15 is 0 Å². The van der Waals surface area contributed by atoms with E-state index in [2.05, 4.69) is 21.5 Å². The predicted octanol–water partition coefficient (Wildman–Crippen LogP) is 3.22. The summed E-state index contributed by atoms with van der Waals surface area (Å²) in [5.41, 5.74) is 6.90. The zero-order valence-corrected chi connectivity index (χ0v) is 12.5. The zero-order valence-electron chi connectivity index (χ0n) is 12.5. The molecule has 4 aromatic rings. The smallest absolute Gasteiger partial charge is 0.239 e. The standard InChI is InChI=1S/C18H16N4O/c23-18(21-22-12-20-16-7-3-4-8-17(16)22)10-9-13-11-19-15-6-2-1-5-14(13)15/h1-8,11-12,19H,9-10H2,(H,21,23). The Morgan fingerprint density at radius 1 is 1.13 bits per heavy atom. The Hall–Kier alpha value is -3.08. The van der Waals surface area contributed by atoms with Crippen LogP contribution in [0.3, 0.4) is 0 Å². The molecule has 2 aromatic carbocycles. The molecule has 0 bridgehead atoms. The van der Waals surface area contributed by atoms with Crippen molar-refractivity contribution in [3.05, 3.63) is 66.6 Å². The number of nitrogens with one attached hydrogen (secondary N) is 2. The maximum absolute atomic E-state index is 12.2. The van der Waals surface area contributed by atoms with Crippen LogP contribution in [-0.4, -0.2) is 20.6 Å². The first-order valence-electron chi connectivity index (χ1n) is 7.58. The number of amides is 1. The molecule has 0 unspecified atom stereocenters. The summed E-state index contributed by atoms with van der Waals surface area (Å²) in [6.07, 6.45) is 4.73. The monoisotopic (exact) mass is 304 g/mol. The van der Waals surface area contributed by atoms with Crippen molar-refractivity contribution in [2.75, 3.05) is 5.43 Å². The van der Waals surface area contributed by atoms with Crippen molar-refractivity contribution in [3.63, 3.8) is 0 Å². The minimum atomic E-state index is -0.0292. The van der Waals surface area contributed by atoms with Crippen LogP contribution < -0.4 is 5.43 Å². The molecular formula is C18H16N4O. The molecule has 0 spiro atoms. The van der Waals surface area contributed by atoms with Crippen molar-refractivity contribution in [3.8, 4) is 0 Å². The van der Waals surface area contributed by atoms with Gasteiger partial charge in [0, 0.05) is 23.5 Å². The van der Waals surface area contributed by atoms with E-state index in [-0.39, 0.29) is 5.91 Å². The fourth-order valence-electron chi connectivity index (χ4n) is 2.83. The van der Waals surface area contributed by atoms with E-state index in [0.29, 0.717) is 12.8 Å². The highest BCUT2D eigenvalue weighted by Crippen LogP contribution is 2.19. The summed E-state index contributed by atoms with van der Waals surface area (Å²) in [6, 6.07) is 15.8. The minimum absolute atomic E-state index is 0.0292. The fraction of sp³-hybridized carbons (Fsp3) is 0.111. The summed E-state index contributed by atoms with van der Waals surface area (Å²) >= 11 is 0. The van der Waals surface area contributed by atoms with Crippen molar-refractivity contribution in [2.24, 2.45) is 0 Å². The molecule has 0 saturated heterocycles. The molecule has 2 heterocycles. The van der Waals surface area contributed by atoms with Gasteiger partial charge in [0.15, 0.2) is 0 Å². The van der Waals surface area contributed by atoms with E-state index in [0.717, 1.165) is 22.1 Å². The number of rotatable bonds is 4. The average molecular weight is 304 g/mol. The van der Waals surface area contributed by atoms with Gasteiger partial charge in [-0.05, 0) is 30.2 Å². The summed E-state index contributed by atoms with van der Waals surface area (Å²) in [5.74, 6) is -0.0292. The van der Waals surface area contributed by atoms with E-state index in [9.17, 15) is 4.79 Å². The third-order valence-corrected chi connectivity index (χ3v) is 4.00. The number of nitrogens with zero attached hydrogens (tertiary/aromatic N) is 2. The van der Waals surface area contributed by atoms with Gasteiger partial charge in [-0.3, -0.25) is 10.2 Å². The highest BCUT2D eigenvalue weighted by molar-refractivity contribution is 5.88. The highest BCUT2D eigenvalue weighted by Gasteiger charge is 2.08. The quantitative estimate of drug-likeness (QED) is 0.608. The maximum atomic E-state index is 12.2. The Morgan fingerprint density at radius 2 is 1.96 bits per heavy atom. The van der Waals surface area contributed by atoms with Gasteiger partial charge < -0.3 is 4.98 Å². The van der Waals surface area contributed by atoms with Crippen LogP contribution in [0, 0.1) is 0 Å². The van der Waals surface area contributed by atoms with Gasteiger partial charge in [-0.25, -0.2) is 9.66 Å². The Bertz CT molecular complexity index is 983. The third-order valence-electron chi connectivity index (χ3n) is 4.00. The fourth-order valence-corrected chi connectivity index (χ4v) is 2.83. The second-order valence-corrected chi connectivity index (χ2v) is 5.50. The van der Waals surface area contributed by atoms with E-state index in [1.807, 2.05) is 48.7 Å². The summed E-state index contributed by atoms with van der Waals surface area (Å²) < 4.78 is 1.67. The van der Waals surface area contributed by atoms with Crippen LogP contribution in [0.15, 0.2) is 61.1 Å². The number of imidazole rings is 1. The molecule has 0 atom stereocenters. The Labute approximate surface area is 132 Å². The van der Waals surface area contributed by atoms with Crippen molar-refractivity contribution >= 4 is 27.8 Å². The van der Waals surface area contributed by atoms with Crippen LogP contribution >= 0.6 is 0 Å². The second-order valence-electron chi connectivity index (χ2n) is 5.50. The van der Waals surface area contributed by atoms with E-state index < -0.39 is 0 Å². The van der Waals surface area contributed by atoms with Crippen LogP contribution in [0.2, 0.25) is 0 Å². The van der Waals surface area contributed by atoms with Crippen LogP contribution in [0.4, 0.5) is 0 Å². The van der Waals surface area contributed by atoms with Crippen LogP contribution in [-0.2, 0) is 11.2 Å². The lowest BCUT2D eigenvalue weighted by Gasteiger charge is -2.06. The SMILES string of the molecule is O=C(CCc1c[nH]c2ccccc12)Nn1cnc2ccccc21. The molecule has 0 aliphatic rings. The van der Waals surface area contributed by atoms with Crippen LogP contribution in [0.25, 0.3) is 21.9 Å². The molecule has 2 aromatic heterocycles. The zero-order chi connectivity index (χ0) is 15.6. The van der Waals surface area contributed by atoms with Gasteiger partial charge in [0.2, 0.25) is 5.91 Å². The first kappa shape index (κ1) is 13.6. The third kappa shape index (κ3) is 2.57. The molecular weight excluding hydrogens is 288 g/mol. The molecule has 5 heteroatoms. The lowest BCUT2D eigenvalue weighted by molar-refractivity contribution is -0.117. The van der Waals surface area contributed by atoms with Crippen molar-refractivity contribution in [1.29, 1.82) is 0 Å². The highest BCUT2D eigenvalue weighted by atomic mass is 16.2. The normalized spacial score (nSPS) is 11.1. The lowest BCUT2D eigenvalue weighted by Crippen LogP contribution is -2.22. The van der Waals surface area contributed by atoms with Gasteiger partial charge in [0.1, 0.15) is 6.33 Å². The largest absolute Gasteiger partial charge is 0.361 e. The van der Waals surface area contributed by atoms with Gasteiger partial charge in [0.25, 0.3) is 0 Å². The molecule has 0 aliphatic heterocycles. The number of aromatic amines is 1. The number of fused-ring (bicyclic) bond motifs is 2. The summed E-state index contributed by atoms with van der Waals surface area (Å²) in [6.45, 7) is 0. The number of H-pyrrole nitrogens is 1. The van der Waals surface area contributed by atoms with Crippen molar-refractivity contribution in [2.45, 2.75) is 12.8 Å². The molecule has 0 fully saturated rings. The van der Waals surface area contributed by atoms with Gasteiger partial charge in [-0.2, -0.15) is 0 Å². The lowest BCUT2D eigenvalue weighted by atomic mass is 10.1. The van der Waals surface area contributed by atoms with E-state index in [4.69, 9.17) is 0 Å². The first-order chi connectivity index (χ1) is 11.3. The first-order valence-corrected chi connectivity index (χ1v) is 7.58. The number of para-hydroxylation sites is 3. The number of aromatic nitrogens is 3. The van der Waals surface area contributed by atoms with Gasteiger partial charge in [0.05, 0.1) is 11.0 Å². The molecule has 23 heavy (non-hydrogen) atoms. The Kier molecular flexibility index (Phi) is 3.31. The van der Waals surface area contributed by atoms with Crippen molar-refractivity contribution < 1.29 is 4.79 Å². The number of carbonyl (C=O) groups is 1. The number of benzene rings is 2. The molecule has 2 N–H and O–H groups in total. The van der Waals surface area contributed by atoms with Gasteiger partial charge >= 0.3 is 0 Å². The molecule has 114 valence electrons. The number of hydrogen-bond acceptors (Lipinski definition) is 2. The molecule has 0 saturated carbocycles. The number of hydrogen-bond donors (Lipinski definition) is 2. The topological polar surface area (TPSA) is 62.7 Å². The number of carbonyl (C=O) groups excluding carboxylic acids is 1. The molecule has 0 radical (unpaired) electrons. The molecule has 0 aliphatic carbocycles. The predicted molar refractivity (Wildman–Crippen MR) is 90.7 cm³/mol. The Balaban J connectivity index is 1.46. The van der Waals surface area contributed by atoms with Gasteiger partial charge in [-0.15, -0.1) is 0 Å². The molecule has 1 amide bonds. The minimum Gasteiger partial charge on any atom is -0.361 e. The van der Waals surface area contributed by atoms with E-state index in [1.165, 1.54) is 5.39 Å². The van der Waals surface area contributed by atoms with Crippen LogP contribution in [0.5, 0.6) is 0 Å². The second kappa shape index (κ2) is 5.61.